The predicted octanol–water partition coefficient (Wildman–Crippen LogP) is 4.35. The van der Waals surface area contributed by atoms with Gasteiger partial charge in [-0.05, 0) is 55.0 Å². The SMILES string of the molecule is O=C(CCCOc1ccc(Cl)cc1)NCCOc1ccc(Cl)cc1. The summed E-state index contributed by atoms with van der Waals surface area (Å²) in [6, 6.07) is 14.2. The summed E-state index contributed by atoms with van der Waals surface area (Å²) >= 11 is 11.6. The molecular formula is C18H19Cl2NO3. The smallest absolute Gasteiger partial charge is 0.220 e. The van der Waals surface area contributed by atoms with Crippen LogP contribution in [0.25, 0.3) is 0 Å². The summed E-state index contributed by atoms with van der Waals surface area (Å²) in [7, 11) is 0. The van der Waals surface area contributed by atoms with Crippen LogP contribution in [0.3, 0.4) is 0 Å². The molecule has 24 heavy (non-hydrogen) atoms. The van der Waals surface area contributed by atoms with E-state index in [0.717, 1.165) is 11.5 Å². The molecule has 0 fully saturated rings. The van der Waals surface area contributed by atoms with Crippen LogP contribution in [0.4, 0.5) is 0 Å². The number of ether oxygens (including phenoxy) is 2. The summed E-state index contributed by atoms with van der Waals surface area (Å²) in [6.45, 7) is 1.35. The predicted molar refractivity (Wildman–Crippen MR) is 96.1 cm³/mol. The van der Waals surface area contributed by atoms with E-state index in [1.807, 2.05) is 0 Å². The minimum Gasteiger partial charge on any atom is -0.494 e. The number of halogens is 2. The van der Waals surface area contributed by atoms with Crippen LogP contribution in [-0.2, 0) is 4.79 Å². The summed E-state index contributed by atoms with van der Waals surface area (Å²) in [5.41, 5.74) is 0. The van der Waals surface area contributed by atoms with Crippen molar-refractivity contribution in [1.29, 1.82) is 0 Å². The van der Waals surface area contributed by atoms with E-state index in [2.05, 4.69) is 5.32 Å². The zero-order valence-corrected chi connectivity index (χ0v) is 14.6. The Balaban J connectivity index is 1.52. The van der Waals surface area contributed by atoms with Crippen molar-refractivity contribution in [3.8, 4) is 11.5 Å². The highest BCUT2D eigenvalue weighted by molar-refractivity contribution is 6.30. The summed E-state index contributed by atoms with van der Waals surface area (Å²) < 4.78 is 11.0. The molecule has 0 saturated heterocycles. The Hall–Kier alpha value is -1.91. The van der Waals surface area contributed by atoms with E-state index in [1.54, 1.807) is 48.5 Å². The molecule has 2 aromatic rings. The van der Waals surface area contributed by atoms with Crippen molar-refractivity contribution in [1.82, 2.24) is 5.32 Å². The van der Waals surface area contributed by atoms with Crippen molar-refractivity contribution < 1.29 is 14.3 Å². The zero-order valence-electron chi connectivity index (χ0n) is 13.1. The number of rotatable bonds is 9. The van der Waals surface area contributed by atoms with Crippen LogP contribution >= 0.6 is 23.2 Å². The Morgan fingerprint density at radius 1 is 0.833 bits per heavy atom. The van der Waals surface area contributed by atoms with Gasteiger partial charge in [-0.1, -0.05) is 23.2 Å². The number of hydrogen-bond donors (Lipinski definition) is 1. The van der Waals surface area contributed by atoms with Gasteiger partial charge in [0.15, 0.2) is 0 Å². The largest absolute Gasteiger partial charge is 0.494 e. The number of hydrogen-bond acceptors (Lipinski definition) is 3. The van der Waals surface area contributed by atoms with E-state index in [0.29, 0.717) is 42.6 Å². The molecule has 0 saturated carbocycles. The molecule has 0 aliphatic rings. The third-order valence-corrected chi connectivity index (χ3v) is 3.64. The topological polar surface area (TPSA) is 47.6 Å². The molecule has 1 amide bonds. The summed E-state index contributed by atoms with van der Waals surface area (Å²) in [5.74, 6) is 1.45. The van der Waals surface area contributed by atoms with Crippen LogP contribution < -0.4 is 14.8 Å². The van der Waals surface area contributed by atoms with E-state index in [4.69, 9.17) is 32.7 Å². The van der Waals surface area contributed by atoms with Crippen molar-refractivity contribution in [3.63, 3.8) is 0 Å². The average Bonchev–Trinajstić information content (AvgIpc) is 2.59. The van der Waals surface area contributed by atoms with Gasteiger partial charge in [0.25, 0.3) is 0 Å². The first-order chi connectivity index (χ1) is 11.6. The fourth-order valence-corrected chi connectivity index (χ4v) is 2.18. The normalized spacial score (nSPS) is 10.2. The van der Waals surface area contributed by atoms with Gasteiger partial charge in [-0.2, -0.15) is 0 Å². The zero-order chi connectivity index (χ0) is 17.2. The number of benzene rings is 2. The van der Waals surface area contributed by atoms with E-state index >= 15 is 0 Å². The van der Waals surface area contributed by atoms with Crippen molar-refractivity contribution in [2.24, 2.45) is 0 Å². The number of carbonyl (C=O) groups excluding carboxylic acids is 1. The van der Waals surface area contributed by atoms with Crippen molar-refractivity contribution in [2.45, 2.75) is 12.8 Å². The summed E-state index contributed by atoms with van der Waals surface area (Å²) in [5, 5.41) is 4.14. The molecule has 0 unspecified atom stereocenters. The molecule has 128 valence electrons. The van der Waals surface area contributed by atoms with Gasteiger partial charge in [0.05, 0.1) is 13.2 Å². The number of amides is 1. The van der Waals surface area contributed by atoms with Crippen LogP contribution in [-0.4, -0.2) is 25.7 Å². The molecular weight excluding hydrogens is 349 g/mol. The molecule has 2 rings (SSSR count). The Labute approximate surface area is 151 Å². The third kappa shape index (κ3) is 7.11. The second kappa shape index (κ2) is 10.1. The molecule has 0 heterocycles. The molecule has 0 aliphatic heterocycles. The lowest BCUT2D eigenvalue weighted by molar-refractivity contribution is -0.121. The third-order valence-electron chi connectivity index (χ3n) is 3.14. The van der Waals surface area contributed by atoms with E-state index < -0.39 is 0 Å². The van der Waals surface area contributed by atoms with Gasteiger partial charge in [0, 0.05) is 16.5 Å². The first kappa shape index (κ1) is 18.4. The molecule has 0 atom stereocenters. The van der Waals surface area contributed by atoms with E-state index in [1.165, 1.54) is 0 Å². The van der Waals surface area contributed by atoms with Crippen molar-refractivity contribution >= 4 is 29.1 Å². The highest BCUT2D eigenvalue weighted by Crippen LogP contribution is 2.16. The van der Waals surface area contributed by atoms with Crippen molar-refractivity contribution in [3.05, 3.63) is 58.6 Å². The highest BCUT2D eigenvalue weighted by atomic mass is 35.5. The van der Waals surface area contributed by atoms with Gasteiger partial charge < -0.3 is 14.8 Å². The minimum atomic E-state index is -0.0191. The molecule has 1 N–H and O–H groups in total. The quantitative estimate of drug-likeness (QED) is 0.670. The molecule has 0 spiro atoms. The van der Waals surface area contributed by atoms with Crippen molar-refractivity contribution in [2.75, 3.05) is 19.8 Å². The maximum absolute atomic E-state index is 11.7. The van der Waals surface area contributed by atoms with Crippen LogP contribution in [0.2, 0.25) is 10.0 Å². The van der Waals surface area contributed by atoms with Gasteiger partial charge in [0.2, 0.25) is 5.91 Å². The number of nitrogens with one attached hydrogen (secondary N) is 1. The Kier molecular flexibility index (Phi) is 7.72. The minimum absolute atomic E-state index is 0.0191. The lowest BCUT2D eigenvalue weighted by atomic mass is 10.3. The van der Waals surface area contributed by atoms with Gasteiger partial charge in [0.1, 0.15) is 18.1 Å². The van der Waals surface area contributed by atoms with Gasteiger partial charge >= 0.3 is 0 Å². The van der Waals surface area contributed by atoms with Gasteiger partial charge in [-0.15, -0.1) is 0 Å². The fraction of sp³-hybridized carbons (Fsp3) is 0.278. The van der Waals surface area contributed by atoms with Crippen LogP contribution in [0, 0.1) is 0 Å². The van der Waals surface area contributed by atoms with Gasteiger partial charge in [-0.3, -0.25) is 4.79 Å². The molecule has 0 aromatic heterocycles. The second-order valence-electron chi connectivity index (χ2n) is 5.06. The van der Waals surface area contributed by atoms with E-state index in [9.17, 15) is 4.79 Å². The molecule has 0 aliphatic carbocycles. The fourth-order valence-electron chi connectivity index (χ4n) is 1.93. The first-order valence-electron chi connectivity index (χ1n) is 7.67. The van der Waals surface area contributed by atoms with E-state index in [-0.39, 0.29) is 5.91 Å². The van der Waals surface area contributed by atoms with Crippen LogP contribution in [0.5, 0.6) is 11.5 Å². The molecule has 6 heteroatoms. The molecule has 2 aromatic carbocycles. The molecule has 4 nitrogen and oxygen atoms in total. The molecule has 0 bridgehead atoms. The first-order valence-corrected chi connectivity index (χ1v) is 8.42. The summed E-state index contributed by atoms with van der Waals surface area (Å²) in [6.07, 6.45) is 1.06. The lowest BCUT2D eigenvalue weighted by Gasteiger charge is -2.08. The molecule has 0 radical (unpaired) electrons. The maximum Gasteiger partial charge on any atom is 0.220 e. The Morgan fingerprint density at radius 2 is 1.33 bits per heavy atom. The average molecular weight is 368 g/mol. The van der Waals surface area contributed by atoms with Crippen LogP contribution in [0.1, 0.15) is 12.8 Å². The van der Waals surface area contributed by atoms with Crippen LogP contribution in [0.15, 0.2) is 48.5 Å². The Morgan fingerprint density at radius 3 is 1.88 bits per heavy atom. The maximum atomic E-state index is 11.7. The highest BCUT2D eigenvalue weighted by Gasteiger charge is 2.02. The monoisotopic (exact) mass is 367 g/mol. The van der Waals surface area contributed by atoms with Gasteiger partial charge in [-0.25, -0.2) is 0 Å². The lowest BCUT2D eigenvalue weighted by Crippen LogP contribution is -2.28. The second-order valence-corrected chi connectivity index (χ2v) is 5.93. The Bertz CT molecular complexity index is 574. The standard InChI is InChI=1S/C18H19Cl2NO3/c19-14-3-7-16(8-4-14)23-12-1-2-18(22)21-11-13-24-17-9-5-15(20)6-10-17/h3-10H,1-2,11-13H2,(H,21,22). The number of carbonyl (C=O) groups is 1. The summed E-state index contributed by atoms with van der Waals surface area (Å²) in [4.78, 5) is 11.7.